The molecule has 3 saturated heterocycles. The van der Waals surface area contributed by atoms with Gasteiger partial charge in [0.05, 0.1) is 0 Å². The third kappa shape index (κ3) is 2.24. The van der Waals surface area contributed by atoms with Crippen LogP contribution in [0.25, 0.3) is 0 Å². The third-order valence-electron chi connectivity index (χ3n) is 5.46. The molecule has 22 heavy (non-hydrogen) atoms. The molecule has 0 spiro atoms. The Balaban J connectivity index is 0.00000144. The van der Waals surface area contributed by atoms with Crippen LogP contribution in [0.4, 0.5) is 0 Å². The zero-order valence-electron chi connectivity index (χ0n) is 12.1. The van der Waals surface area contributed by atoms with Crippen LogP contribution in [0.5, 0.6) is 0 Å². The van der Waals surface area contributed by atoms with Gasteiger partial charge in [0.25, 0.3) is 5.91 Å². The summed E-state index contributed by atoms with van der Waals surface area (Å²) in [5.74, 6) is 0.947. The first-order valence-corrected chi connectivity index (χ1v) is 8.01. The summed E-state index contributed by atoms with van der Waals surface area (Å²) in [4.78, 5) is 14.7. The average molecular weight is 343 g/mol. The number of aliphatic hydroxyl groups is 1. The number of hydrogen-bond acceptors (Lipinski definition) is 3. The molecule has 2 N–H and O–H groups in total. The van der Waals surface area contributed by atoms with Crippen molar-refractivity contribution in [2.24, 2.45) is 11.8 Å². The normalized spacial score (nSPS) is 33.5. The second-order valence-electron chi connectivity index (χ2n) is 6.37. The van der Waals surface area contributed by atoms with Crippen molar-refractivity contribution in [1.82, 2.24) is 10.2 Å². The van der Waals surface area contributed by atoms with Gasteiger partial charge >= 0.3 is 0 Å². The third-order valence-corrected chi connectivity index (χ3v) is 5.80. The van der Waals surface area contributed by atoms with E-state index in [9.17, 15) is 9.90 Å². The summed E-state index contributed by atoms with van der Waals surface area (Å²) < 4.78 is 0. The SMILES string of the molecule is Cl.O=C(C(O)c1ccccc1Cl)N1[C@@H]2CC[C@H]1[C@H]1CNC[C@H]12. The highest BCUT2D eigenvalue weighted by atomic mass is 35.5. The van der Waals surface area contributed by atoms with Gasteiger partial charge in [-0.05, 0) is 30.7 Å². The van der Waals surface area contributed by atoms with E-state index in [4.69, 9.17) is 11.6 Å². The molecule has 1 aromatic carbocycles. The molecule has 0 saturated carbocycles. The van der Waals surface area contributed by atoms with E-state index in [1.54, 1.807) is 24.3 Å². The average Bonchev–Trinajstić information content (AvgIpc) is 3.18. The molecule has 6 heteroatoms. The molecule has 3 aliphatic heterocycles. The molecule has 1 unspecified atom stereocenters. The fourth-order valence-electron chi connectivity index (χ4n) is 4.57. The van der Waals surface area contributed by atoms with Crippen molar-refractivity contribution in [1.29, 1.82) is 0 Å². The number of amides is 1. The Morgan fingerprint density at radius 3 is 2.41 bits per heavy atom. The van der Waals surface area contributed by atoms with E-state index < -0.39 is 6.10 Å². The van der Waals surface area contributed by atoms with Crippen LogP contribution in [0.1, 0.15) is 24.5 Å². The molecule has 1 amide bonds. The molecule has 5 atom stereocenters. The van der Waals surface area contributed by atoms with Gasteiger partial charge in [0.15, 0.2) is 6.10 Å². The summed E-state index contributed by atoms with van der Waals surface area (Å²) in [6.45, 7) is 2.00. The van der Waals surface area contributed by atoms with Gasteiger partial charge < -0.3 is 15.3 Å². The van der Waals surface area contributed by atoms with Crippen LogP contribution in [0.3, 0.4) is 0 Å². The van der Waals surface area contributed by atoms with Crippen molar-refractivity contribution >= 4 is 29.9 Å². The lowest BCUT2D eigenvalue weighted by molar-refractivity contribution is -0.142. The number of nitrogens with zero attached hydrogens (tertiary/aromatic N) is 1. The Morgan fingerprint density at radius 2 is 1.82 bits per heavy atom. The van der Waals surface area contributed by atoms with Gasteiger partial charge in [0.2, 0.25) is 0 Å². The number of carbonyl (C=O) groups excluding carboxylic acids is 1. The van der Waals surface area contributed by atoms with Crippen molar-refractivity contribution in [3.8, 4) is 0 Å². The first-order valence-electron chi connectivity index (χ1n) is 7.64. The van der Waals surface area contributed by atoms with E-state index >= 15 is 0 Å². The number of halogens is 2. The van der Waals surface area contributed by atoms with E-state index in [0.717, 1.165) is 25.9 Å². The van der Waals surface area contributed by atoms with Gasteiger partial charge in [-0.1, -0.05) is 29.8 Å². The van der Waals surface area contributed by atoms with Crippen molar-refractivity contribution in [3.63, 3.8) is 0 Å². The maximum Gasteiger partial charge on any atom is 0.256 e. The monoisotopic (exact) mass is 342 g/mol. The number of aliphatic hydroxyl groups excluding tert-OH is 1. The molecule has 0 aromatic heterocycles. The van der Waals surface area contributed by atoms with Gasteiger partial charge in [0.1, 0.15) is 0 Å². The zero-order valence-corrected chi connectivity index (χ0v) is 13.7. The predicted molar refractivity (Wildman–Crippen MR) is 87.2 cm³/mol. The standard InChI is InChI=1S/C16H19ClN2O2.ClH/c17-12-4-2-1-3-9(12)15(20)16(21)19-13-5-6-14(19)11-8-18-7-10(11)13;/h1-4,10-11,13-15,18,20H,5-8H2;1H/t10-,11+,13-,14+,15?;. The van der Waals surface area contributed by atoms with Crippen LogP contribution in [0.15, 0.2) is 24.3 Å². The largest absolute Gasteiger partial charge is 0.378 e. The topological polar surface area (TPSA) is 52.6 Å². The maximum atomic E-state index is 12.8. The van der Waals surface area contributed by atoms with E-state index in [1.165, 1.54) is 0 Å². The summed E-state index contributed by atoms with van der Waals surface area (Å²) in [5.41, 5.74) is 0.513. The molecule has 3 aliphatic rings. The van der Waals surface area contributed by atoms with Crippen LogP contribution < -0.4 is 5.32 Å². The number of hydrogen-bond donors (Lipinski definition) is 2. The lowest BCUT2D eigenvalue weighted by Gasteiger charge is -2.27. The van der Waals surface area contributed by atoms with E-state index in [1.807, 2.05) is 4.90 Å². The first kappa shape index (κ1) is 16.1. The summed E-state index contributed by atoms with van der Waals surface area (Å²) in [5, 5.41) is 14.3. The Morgan fingerprint density at radius 1 is 1.23 bits per heavy atom. The molecule has 1 aromatic rings. The number of nitrogens with one attached hydrogen (secondary N) is 1. The van der Waals surface area contributed by atoms with E-state index in [0.29, 0.717) is 34.5 Å². The Hall–Kier alpha value is -0.810. The van der Waals surface area contributed by atoms with Crippen molar-refractivity contribution in [2.75, 3.05) is 13.1 Å². The minimum atomic E-state index is -1.14. The van der Waals surface area contributed by atoms with Crippen LogP contribution in [0.2, 0.25) is 5.02 Å². The van der Waals surface area contributed by atoms with Crippen LogP contribution in [-0.2, 0) is 4.79 Å². The van der Waals surface area contributed by atoms with E-state index in [2.05, 4.69) is 5.32 Å². The van der Waals surface area contributed by atoms with Gasteiger partial charge in [-0.25, -0.2) is 0 Å². The fourth-order valence-corrected chi connectivity index (χ4v) is 4.81. The van der Waals surface area contributed by atoms with Crippen molar-refractivity contribution in [2.45, 2.75) is 31.0 Å². The summed E-state index contributed by atoms with van der Waals surface area (Å²) in [6, 6.07) is 7.63. The molecule has 4 nitrogen and oxygen atoms in total. The predicted octanol–water partition coefficient (Wildman–Crippen LogP) is 2.00. The molecule has 0 radical (unpaired) electrons. The second kappa shape index (κ2) is 6.00. The van der Waals surface area contributed by atoms with Gasteiger partial charge in [0, 0.05) is 35.8 Å². The highest BCUT2D eigenvalue weighted by molar-refractivity contribution is 6.31. The van der Waals surface area contributed by atoms with Gasteiger partial charge in [-0.15, -0.1) is 12.4 Å². The van der Waals surface area contributed by atoms with E-state index in [-0.39, 0.29) is 18.3 Å². The smallest absolute Gasteiger partial charge is 0.256 e. The Kier molecular flexibility index (Phi) is 4.38. The Labute approximate surface area is 141 Å². The minimum Gasteiger partial charge on any atom is -0.378 e. The molecular formula is C16H20Cl2N2O2. The van der Waals surface area contributed by atoms with Crippen LogP contribution in [0, 0.1) is 11.8 Å². The maximum absolute atomic E-state index is 12.8. The molecule has 2 bridgehead atoms. The highest BCUT2D eigenvalue weighted by Crippen LogP contribution is 2.48. The number of rotatable bonds is 2. The first-order chi connectivity index (χ1) is 10.2. The molecule has 3 heterocycles. The lowest BCUT2D eigenvalue weighted by atomic mass is 9.82. The fraction of sp³-hybridized carbons (Fsp3) is 0.562. The number of benzene rings is 1. The molecule has 0 aliphatic carbocycles. The lowest BCUT2D eigenvalue weighted by Crippen LogP contribution is -2.42. The number of carbonyl (C=O) groups is 1. The second-order valence-corrected chi connectivity index (χ2v) is 6.77. The zero-order chi connectivity index (χ0) is 14.6. The van der Waals surface area contributed by atoms with Crippen molar-refractivity contribution in [3.05, 3.63) is 34.9 Å². The van der Waals surface area contributed by atoms with Crippen molar-refractivity contribution < 1.29 is 9.90 Å². The molecule has 3 fully saturated rings. The molecular weight excluding hydrogens is 323 g/mol. The summed E-state index contributed by atoms with van der Waals surface area (Å²) in [6.07, 6.45) is 0.983. The van der Waals surface area contributed by atoms with Gasteiger partial charge in [-0.3, -0.25) is 4.79 Å². The highest BCUT2D eigenvalue weighted by Gasteiger charge is 2.56. The Bertz CT molecular complexity index is 565. The van der Waals surface area contributed by atoms with Crippen LogP contribution in [-0.4, -0.2) is 41.1 Å². The summed E-state index contributed by atoms with van der Waals surface area (Å²) in [7, 11) is 0. The summed E-state index contributed by atoms with van der Waals surface area (Å²) >= 11 is 6.11. The number of fused-ring (bicyclic) bond motifs is 5. The minimum absolute atomic E-state index is 0. The quantitative estimate of drug-likeness (QED) is 0.864. The molecule has 120 valence electrons. The molecule has 4 rings (SSSR count). The van der Waals surface area contributed by atoms with Crippen LogP contribution >= 0.6 is 24.0 Å². The van der Waals surface area contributed by atoms with Gasteiger partial charge in [-0.2, -0.15) is 0 Å².